The minimum absolute atomic E-state index is 0.295. The molecule has 3 rings (SSSR count). The smallest absolute Gasteiger partial charge is 0.225 e. The van der Waals surface area contributed by atoms with Crippen molar-refractivity contribution in [3.05, 3.63) is 12.2 Å². The minimum Gasteiger partial charge on any atom is -0.341 e. The monoisotopic (exact) mass is 291 g/mol. The van der Waals surface area contributed by atoms with Gasteiger partial charge in [-0.15, -0.1) is 10.2 Å². The van der Waals surface area contributed by atoms with Crippen molar-refractivity contribution in [3.63, 3.8) is 0 Å². The Labute approximate surface area is 126 Å². The zero-order valence-corrected chi connectivity index (χ0v) is 13.0. The number of piperidine rings is 1. The lowest BCUT2D eigenvalue weighted by Crippen LogP contribution is -2.50. The SMILES string of the molecule is CN(C(=O)C1CCC1)C1CCCN(Cc2nncn2C)C1. The van der Waals surface area contributed by atoms with Gasteiger partial charge in [0.05, 0.1) is 6.54 Å². The fraction of sp³-hybridized carbons (Fsp3) is 0.800. The third-order valence-electron chi connectivity index (χ3n) is 5.00. The van der Waals surface area contributed by atoms with E-state index in [1.54, 1.807) is 6.33 Å². The molecule has 1 atom stereocenters. The van der Waals surface area contributed by atoms with Crippen LogP contribution in [-0.4, -0.2) is 56.7 Å². The van der Waals surface area contributed by atoms with Crippen molar-refractivity contribution < 1.29 is 4.79 Å². The summed E-state index contributed by atoms with van der Waals surface area (Å²) in [6.07, 6.45) is 7.38. The van der Waals surface area contributed by atoms with Crippen LogP contribution in [0.15, 0.2) is 6.33 Å². The molecule has 2 fully saturated rings. The first-order valence-corrected chi connectivity index (χ1v) is 7.97. The Kier molecular flexibility index (Phi) is 4.24. The number of aryl methyl sites for hydroxylation is 1. The molecule has 1 aliphatic carbocycles. The van der Waals surface area contributed by atoms with E-state index in [0.29, 0.717) is 17.9 Å². The number of hydrogen-bond donors (Lipinski definition) is 0. The average Bonchev–Trinajstić information content (AvgIpc) is 2.82. The summed E-state index contributed by atoms with van der Waals surface area (Å²) in [6.45, 7) is 2.84. The van der Waals surface area contributed by atoms with Crippen molar-refractivity contribution in [2.24, 2.45) is 13.0 Å². The average molecular weight is 291 g/mol. The molecule has 0 aromatic carbocycles. The lowest BCUT2D eigenvalue weighted by atomic mass is 9.84. The number of amides is 1. The Morgan fingerprint density at radius 2 is 2.19 bits per heavy atom. The number of nitrogens with zero attached hydrogens (tertiary/aromatic N) is 5. The van der Waals surface area contributed by atoms with Crippen molar-refractivity contribution in [1.29, 1.82) is 0 Å². The van der Waals surface area contributed by atoms with Crippen LogP contribution >= 0.6 is 0 Å². The summed E-state index contributed by atoms with van der Waals surface area (Å²) in [5.41, 5.74) is 0. The second kappa shape index (κ2) is 6.13. The Hall–Kier alpha value is -1.43. The minimum atomic E-state index is 0.295. The van der Waals surface area contributed by atoms with Crippen LogP contribution in [0.2, 0.25) is 0 Å². The van der Waals surface area contributed by atoms with E-state index in [2.05, 4.69) is 15.1 Å². The Morgan fingerprint density at radius 3 is 2.81 bits per heavy atom. The quantitative estimate of drug-likeness (QED) is 0.832. The molecule has 0 N–H and O–H groups in total. The summed E-state index contributed by atoms with van der Waals surface area (Å²) in [5, 5.41) is 8.09. The maximum atomic E-state index is 12.4. The number of likely N-dealkylation sites (tertiary alicyclic amines) is 1. The first-order valence-electron chi connectivity index (χ1n) is 7.97. The molecular weight excluding hydrogens is 266 g/mol. The van der Waals surface area contributed by atoms with Crippen LogP contribution < -0.4 is 0 Å². The first-order chi connectivity index (χ1) is 10.1. The van der Waals surface area contributed by atoms with Crippen LogP contribution in [0.5, 0.6) is 0 Å². The molecule has 1 aromatic rings. The summed E-state index contributed by atoms with van der Waals surface area (Å²) in [4.78, 5) is 16.8. The number of hydrogen-bond acceptors (Lipinski definition) is 4. The van der Waals surface area contributed by atoms with Crippen molar-refractivity contribution in [2.75, 3.05) is 20.1 Å². The summed E-state index contributed by atoms with van der Waals surface area (Å²) in [7, 11) is 3.96. The normalized spacial score (nSPS) is 23.8. The van der Waals surface area contributed by atoms with Gasteiger partial charge in [0.1, 0.15) is 12.2 Å². The fourth-order valence-corrected chi connectivity index (χ4v) is 3.26. The highest BCUT2D eigenvalue weighted by atomic mass is 16.2. The van der Waals surface area contributed by atoms with Crippen LogP contribution in [0.3, 0.4) is 0 Å². The molecule has 6 heteroatoms. The lowest BCUT2D eigenvalue weighted by Gasteiger charge is -2.40. The predicted octanol–water partition coefficient (Wildman–Crippen LogP) is 1.04. The van der Waals surface area contributed by atoms with Crippen molar-refractivity contribution in [3.8, 4) is 0 Å². The standard InChI is InChI=1S/C15H25N5O/c1-18-11-16-17-14(18)10-20-8-4-7-13(9-20)19(2)15(21)12-5-3-6-12/h11-13H,3-10H2,1-2H3. The molecule has 0 spiro atoms. The van der Waals surface area contributed by atoms with Gasteiger partial charge in [-0.1, -0.05) is 6.42 Å². The predicted molar refractivity (Wildman–Crippen MR) is 79.4 cm³/mol. The molecule has 2 aliphatic rings. The van der Waals surface area contributed by atoms with Crippen molar-refractivity contribution in [2.45, 2.75) is 44.7 Å². The van der Waals surface area contributed by atoms with E-state index >= 15 is 0 Å². The van der Waals surface area contributed by atoms with E-state index in [4.69, 9.17) is 0 Å². The van der Waals surface area contributed by atoms with Gasteiger partial charge in [0.2, 0.25) is 5.91 Å². The molecule has 1 unspecified atom stereocenters. The van der Waals surface area contributed by atoms with E-state index in [9.17, 15) is 4.79 Å². The van der Waals surface area contributed by atoms with Crippen LogP contribution in [-0.2, 0) is 18.4 Å². The van der Waals surface area contributed by atoms with Crippen LogP contribution in [0.1, 0.15) is 37.9 Å². The Balaban J connectivity index is 1.57. The molecule has 1 amide bonds. The molecule has 1 aromatic heterocycles. The molecule has 1 aliphatic heterocycles. The molecule has 0 radical (unpaired) electrons. The van der Waals surface area contributed by atoms with Gasteiger partial charge < -0.3 is 9.47 Å². The van der Waals surface area contributed by atoms with E-state index in [-0.39, 0.29) is 0 Å². The highest BCUT2D eigenvalue weighted by molar-refractivity contribution is 5.79. The van der Waals surface area contributed by atoms with E-state index < -0.39 is 0 Å². The van der Waals surface area contributed by atoms with Gasteiger partial charge in [0, 0.05) is 32.6 Å². The van der Waals surface area contributed by atoms with Crippen LogP contribution in [0.4, 0.5) is 0 Å². The lowest BCUT2D eigenvalue weighted by molar-refractivity contribution is -0.140. The highest BCUT2D eigenvalue weighted by Gasteiger charge is 2.33. The first kappa shape index (κ1) is 14.5. The maximum Gasteiger partial charge on any atom is 0.225 e. The molecule has 2 heterocycles. The van der Waals surface area contributed by atoms with Gasteiger partial charge in [-0.2, -0.15) is 0 Å². The van der Waals surface area contributed by atoms with E-state index in [1.807, 2.05) is 23.6 Å². The molecule has 6 nitrogen and oxygen atoms in total. The maximum absolute atomic E-state index is 12.4. The Bertz CT molecular complexity index is 496. The zero-order chi connectivity index (χ0) is 14.8. The van der Waals surface area contributed by atoms with Crippen LogP contribution in [0, 0.1) is 5.92 Å². The van der Waals surface area contributed by atoms with Gasteiger partial charge in [0.25, 0.3) is 0 Å². The molecule has 0 bridgehead atoms. The second-order valence-corrected chi connectivity index (χ2v) is 6.47. The number of likely N-dealkylation sites (N-methyl/N-ethyl adjacent to an activating group) is 1. The largest absolute Gasteiger partial charge is 0.341 e. The fourth-order valence-electron chi connectivity index (χ4n) is 3.26. The number of rotatable bonds is 4. The van der Waals surface area contributed by atoms with Gasteiger partial charge in [-0.25, -0.2) is 0 Å². The van der Waals surface area contributed by atoms with E-state index in [1.165, 1.54) is 6.42 Å². The van der Waals surface area contributed by atoms with Gasteiger partial charge >= 0.3 is 0 Å². The molecular formula is C15H25N5O. The summed E-state index contributed by atoms with van der Waals surface area (Å²) < 4.78 is 1.97. The molecule has 1 saturated heterocycles. The second-order valence-electron chi connectivity index (χ2n) is 6.47. The van der Waals surface area contributed by atoms with Gasteiger partial charge in [0.15, 0.2) is 0 Å². The van der Waals surface area contributed by atoms with Crippen molar-refractivity contribution >= 4 is 5.91 Å². The summed E-state index contributed by atoms with van der Waals surface area (Å²) >= 11 is 0. The van der Waals surface area contributed by atoms with E-state index in [0.717, 1.165) is 51.1 Å². The third kappa shape index (κ3) is 3.10. The van der Waals surface area contributed by atoms with Crippen molar-refractivity contribution in [1.82, 2.24) is 24.6 Å². The summed E-state index contributed by atoms with van der Waals surface area (Å²) in [5.74, 6) is 1.64. The number of carbonyl (C=O) groups excluding carboxylic acids is 1. The van der Waals surface area contributed by atoms with Crippen LogP contribution in [0.25, 0.3) is 0 Å². The molecule has 1 saturated carbocycles. The number of aromatic nitrogens is 3. The highest BCUT2D eigenvalue weighted by Crippen LogP contribution is 2.29. The molecule has 116 valence electrons. The summed E-state index contributed by atoms with van der Waals surface area (Å²) in [6, 6.07) is 0.347. The van der Waals surface area contributed by atoms with Gasteiger partial charge in [-0.3, -0.25) is 9.69 Å². The molecule has 21 heavy (non-hydrogen) atoms. The topological polar surface area (TPSA) is 54.3 Å². The van der Waals surface area contributed by atoms with Gasteiger partial charge in [-0.05, 0) is 32.2 Å². The number of carbonyl (C=O) groups is 1. The third-order valence-corrected chi connectivity index (χ3v) is 5.00. The zero-order valence-electron chi connectivity index (χ0n) is 13.0. The Morgan fingerprint density at radius 1 is 1.38 bits per heavy atom.